The van der Waals surface area contributed by atoms with E-state index in [0.717, 1.165) is 19.3 Å². The van der Waals surface area contributed by atoms with Crippen molar-refractivity contribution in [3.8, 4) is 0 Å². The van der Waals surface area contributed by atoms with Gasteiger partial charge in [-0.1, -0.05) is 0 Å². The summed E-state index contributed by atoms with van der Waals surface area (Å²) in [6, 6.07) is 0. The molecule has 0 saturated heterocycles. The van der Waals surface area contributed by atoms with Crippen molar-refractivity contribution >= 4 is 6.09 Å². The number of aliphatic hydroxyl groups is 1. The minimum absolute atomic E-state index is 0.277. The highest BCUT2D eigenvalue weighted by Crippen LogP contribution is 2.38. The average molecular weight is 243 g/mol. The van der Waals surface area contributed by atoms with E-state index < -0.39 is 11.2 Å². The summed E-state index contributed by atoms with van der Waals surface area (Å²) in [5, 5.41) is 12.8. The van der Waals surface area contributed by atoms with E-state index in [1.165, 1.54) is 0 Å². The molecule has 0 radical (unpaired) electrons. The number of carbonyl (C=O) groups excluding carboxylic acids is 1. The van der Waals surface area contributed by atoms with Crippen LogP contribution in [0.2, 0.25) is 0 Å². The van der Waals surface area contributed by atoms with Gasteiger partial charge in [0.25, 0.3) is 0 Å². The molecule has 100 valence electrons. The van der Waals surface area contributed by atoms with Crippen molar-refractivity contribution < 1.29 is 14.6 Å². The number of ether oxygens (including phenoxy) is 1. The molecular formula is C13H25NO3. The normalized spacial score (nSPS) is 19.4. The van der Waals surface area contributed by atoms with Gasteiger partial charge in [-0.15, -0.1) is 0 Å². The number of hydrogen-bond donors (Lipinski definition) is 2. The van der Waals surface area contributed by atoms with Crippen LogP contribution in [0.4, 0.5) is 4.79 Å². The molecule has 4 heteroatoms. The van der Waals surface area contributed by atoms with E-state index in [2.05, 4.69) is 5.32 Å². The maximum Gasteiger partial charge on any atom is 0.408 e. The molecule has 0 spiro atoms. The summed E-state index contributed by atoms with van der Waals surface area (Å²) in [5.74, 6) is 0. The Balaban J connectivity index is 2.55. The van der Waals surface area contributed by atoms with Crippen LogP contribution in [0.1, 0.15) is 60.3 Å². The number of rotatable bonds is 3. The van der Waals surface area contributed by atoms with Crippen LogP contribution in [0, 0.1) is 0 Å². The first-order valence-corrected chi connectivity index (χ1v) is 6.25. The SMILES string of the molecule is CC(C)(O)CC1(NC(=O)OC(C)(C)C)CCC1. The fourth-order valence-electron chi connectivity index (χ4n) is 2.30. The largest absolute Gasteiger partial charge is 0.444 e. The molecule has 0 heterocycles. The lowest BCUT2D eigenvalue weighted by Gasteiger charge is -2.45. The highest BCUT2D eigenvalue weighted by Gasteiger charge is 2.42. The van der Waals surface area contributed by atoms with Crippen LogP contribution in [-0.2, 0) is 4.74 Å². The predicted octanol–water partition coefficient (Wildman–Crippen LogP) is 2.59. The maximum atomic E-state index is 11.7. The van der Waals surface area contributed by atoms with E-state index >= 15 is 0 Å². The Morgan fingerprint density at radius 1 is 1.29 bits per heavy atom. The van der Waals surface area contributed by atoms with Gasteiger partial charge in [-0.2, -0.15) is 0 Å². The minimum Gasteiger partial charge on any atom is -0.444 e. The molecule has 1 aliphatic carbocycles. The van der Waals surface area contributed by atoms with Gasteiger partial charge in [0.2, 0.25) is 0 Å². The monoisotopic (exact) mass is 243 g/mol. The van der Waals surface area contributed by atoms with E-state index in [4.69, 9.17) is 4.74 Å². The van der Waals surface area contributed by atoms with E-state index in [1.807, 2.05) is 20.8 Å². The van der Waals surface area contributed by atoms with E-state index in [9.17, 15) is 9.90 Å². The summed E-state index contributed by atoms with van der Waals surface area (Å²) in [4.78, 5) is 11.7. The summed E-state index contributed by atoms with van der Waals surface area (Å²) in [7, 11) is 0. The van der Waals surface area contributed by atoms with Gasteiger partial charge < -0.3 is 15.2 Å². The topological polar surface area (TPSA) is 58.6 Å². The van der Waals surface area contributed by atoms with Crippen molar-refractivity contribution in [3.05, 3.63) is 0 Å². The molecule has 1 rings (SSSR count). The molecule has 2 N–H and O–H groups in total. The summed E-state index contributed by atoms with van der Waals surface area (Å²) in [5.41, 5.74) is -1.53. The molecule has 1 aliphatic rings. The standard InChI is InChI=1S/C13H25NO3/c1-11(2,3)17-10(15)14-13(7-6-8-13)9-12(4,5)16/h16H,6-9H2,1-5H3,(H,14,15). The number of amides is 1. The molecule has 17 heavy (non-hydrogen) atoms. The Morgan fingerprint density at radius 3 is 2.12 bits per heavy atom. The fourth-order valence-corrected chi connectivity index (χ4v) is 2.30. The molecule has 0 bridgehead atoms. The van der Waals surface area contributed by atoms with Crippen LogP contribution in [0.25, 0.3) is 0 Å². The third-order valence-corrected chi connectivity index (χ3v) is 2.85. The number of nitrogens with one attached hydrogen (secondary N) is 1. The Labute approximate surface area is 104 Å². The zero-order valence-corrected chi connectivity index (χ0v) is 11.6. The summed E-state index contributed by atoms with van der Waals surface area (Å²) < 4.78 is 5.25. The second-order valence-corrected chi connectivity index (χ2v) is 6.75. The number of hydrogen-bond acceptors (Lipinski definition) is 3. The minimum atomic E-state index is -0.768. The van der Waals surface area contributed by atoms with Crippen LogP contribution < -0.4 is 5.32 Å². The van der Waals surface area contributed by atoms with Gasteiger partial charge in [0.15, 0.2) is 0 Å². The van der Waals surface area contributed by atoms with E-state index in [-0.39, 0.29) is 11.6 Å². The first-order chi connectivity index (χ1) is 7.52. The highest BCUT2D eigenvalue weighted by molar-refractivity contribution is 5.69. The molecule has 0 aromatic heterocycles. The molecule has 0 unspecified atom stereocenters. The molecule has 0 aliphatic heterocycles. The van der Waals surface area contributed by atoms with Crippen LogP contribution in [-0.4, -0.2) is 27.9 Å². The molecule has 1 amide bonds. The average Bonchev–Trinajstić information content (AvgIpc) is 1.93. The van der Waals surface area contributed by atoms with E-state index in [1.54, 1.807) is 13.8 Å². The lowest BCUT2D eigenvalue weighted by molar-refractivity contribution is 0.0000324. The molecule has 1 saturated carbocycles. The van der Waals surface area contributed by atoms with Crippen LogP contribution in [0.15, 0.2) is 0 Å². The molecule has 4 nitrogen and oxygen atoms in total. The Morgan fingerprint density at radius 2 is 1.82 bits per heavy atom. The van der Waals surface area contributed by atoms with Crippen molar-refractivity contribution in [3.63, 3.8) is 0 Å². The molecule has 0 aromatic rings. The lowest BCUT2D eigenvalue weighted by Crippen LogP contribution is -2.57. The number of carbonyl (C=O) groups is 1. The van der Waals surface area contributed by atoms with E-state index in [0.29, 0.717) is 6.42 Å². The van der Waals surface area contributed by atoms with Gasteiger partial charge in [-0.3, -0.25) is 0 Å². The third kappa shape index (κ3) is 4.94. The zero-order chi connectivity index (χ0) is 13.3. The Kier molecular flexibility index (Phi) is 3.77. The summed E-state index contributed by atoms with van der Waals surface area (Å²) in [6.45, 7) is 9.07. The van der Waals surface area contributed by atoms with Gasteiger partial charge in [0.05, 0.1) is 5.60 Å². The lowest BCUT2D eigenvalue weighted by atomic mass is 9.71. The maximum absolute atomic E-state index is 11.7. The second kappa shape index (κ2) is 4.48. The van der Waals surface area contributed by atoms with Crippen molar-refractivity contribution in [1.29, 1.82) is 0 Å². The third-order valence-electron chi connectivity index (χ3n) is 2.85. The van der Waals surface area contributed by atoms with Crippen molar-refractivity contribution in [1.82, 2.24) is 5.32 Å². The quantitative estimate of drug-likeness (QED) is 0.801. The number of alkyl carbamates (subject to hydrolysis) is 1. The van der Waals surface area contributed by atoms with Gasteiger partial charge in [0.1, 0.15) is 5.60 Å². The van der Waals surface area contributed by atoms with Crippen molar-refractivity contribution in [2.24, 2.45) is 0 Å². The van der Waals surface area contributed by atoms with Crippen molar-refractivity contribution in [2.75, 3.05) is 0 Å². The van der Waals surface area contributed by atoms with Crippen LogP contribution >= 0.6 is 0 Å². The molecular weight excluding hydrogens is 218 g/mol. The van der Waals surface area contributed by atoms with Crippen LogP contribution in [0.3, 0.4) is 0 Å². The zero-order valence-electron chi connectivity index (χ0n) is 11.6. The molecule has 0 atom stereocenters. The summed E-state index contributed by atoms with van der Waals surface area (Å²) in [6.07, 6.45) is 3.10. The highest BCUT2D eigenvalue weighted by atomic mass is 16.6. The summed E-state index contributed by atoms with van der Waals surface area (Å²) >= 11 is 0. The fraction of sp³-hybridized carbons (Fsp3) is 0.923. The Hall–Kier alpha value is -0.770. The van der Waals surface area contributed by atoms with Gasteiger partial charge in [-0.05, 0) is 60.3 Å². The smallest absolute Gasteiger partial charge is 0.408 e. The van der Waals surface area contributed by atoms with Crippen LogP contribution in [0.5, 0.6) is 0 Å². The molecule has 0 aromatic carbocycles. The van der Waals surface area contributed by atoms with Gasteiger partial charge >= 0.3 is 6.09 Å². The van der Waals surface area contributed by atoms with Gasteiger partial charge in [0, 0.05) is 5.54 Å². The Bertz CT molecular complexity index is 282. The first kappa shape index (κ1) is 14.3. The molecule has 1 fully saturated rings. The first-order valence-electron chi connectivity index (χ1n) is 6.25. The van der Waals surface area contributed by atoms with Gasteiger partial charge in [-0.25, -0.2) is 4.79 Å². The second-order valence-electron chi connectivity index (χ2n) is 6.75. The predicted molar refractivity (Wildman–Crippen MR) is 66.9 cm³/mol. The van der Waals surface area contributed by atoms with Crippen molar-refractivity contribution in [2.45, 2.75) is 77.0 Å².